The van der Waals surface area contributed by atoms with Crippen LogP contribution in [0.3, 0.4) is 0 Å². The number of aryl methyl sites for hydroxylation is 1. The Morgan fingerprint density at radius 3 is 2.56 bits per heavy atom. The molecule has 0 bridgehead atoms. The SMILES string of the molecule is CCOC(=O)C1(COc2nsnc2C)CC=C(OS(=O)(=O)C(F)(F)F)CC1. The average molecular weight is 430 g/mol. The molecule has 0 fully saturated rings. The van der Waals surface area contributed by atoms with Crippen molar-refractivity contribution in [2.75, 3.05) is 13.2 Å². The van der Waals surface area contributed by atoms with Gasteiger partial charge in [-0.3, -0.25) is 4.79 Å². The van der Waals surface area contributed by atoms with Crippen LogP contribution in [0, 0.1) is 12.3 Å². The van der Waals surface area contributed by atoms with Crippen LogP contribution in [0.25, 0.3) is 0 Å². The minimum absolute atomic E-state index is 0.0122. The van der Waals surface area contributed by atoms with Crippen molar-refractivity contribution in [2.45, 2.75) is 38.6 Å². The molecule has 13 heteroatoms. The zero-order valence-electron chi connectivity index (χ0n) is 14.4. The summed E-state index contributed by atoms with van der Waals surface area (Å²) in [7, 11) is -5.75. The largest absolute Gasteiger partial charge is 0.534 e. The lowest BCUT2D eigenvalue weighted by Crippen LogP contribution is -2.40. The Balaban J connectivity index is 2.16. The van der Waals surface area contributed by atoms with Crippen molar-refractivity contribution in [3.63, 3.8) is 0 Å². The number of rotatable bonds is 7. The second kappa shape index (κ2) is 8.00. The van der Waals surface area contributed by atoms with Crippen molar-refractivity contribution in [3.05, 3.63) is 17.5 Å². The van der Waals surface area contributed by atoms with E-state index in [0.717, 1.165) is 17.8 Å². The van der Waals surface area contributed by atoms with Gasteiger partial charge >= 0.3 is 21.6 Å². The van der Waals surface area contributed by atoms with Gasteiger partial charge in [0.1, 0.15) is 23.5 Å². The summed E-state index contributed by atoms with van der Waals surface area (Å²) in [5.74, 6) is -0.729. The molecule has 0 radical (unpaired) electrons. The second-order valence-corrected chi connectivity index (χ2v) is 7.87. The van der Waals surface area contributed by atoms with Crippen molar-refractivity contribution in [2.24, 2.45) is 5.41 Å². The van der Waals surface area contributed by atoms with Gasteiger partial charge < -0.3 is 13.7 Å². The number of hydrogen-bond donors (Lipinski definition) is 0. The van der Waals surface area contributed by atoms with Gasteiger partial charge in [-0.25, -0.2) is 0 Å². The van der Waals surface area contributed by atoms with Gasteiger partial charge in [-0.2, -0.15) is 26.0 Å². The summed E-state index contributed by atoms with van der Waals surface area (Å²) >= 11 is 0.933. The lowest BCUT2D eigenvalue weighted by atomic mass is 9.77. The molecule has 0 N–H and O–H groups in total. The molecule has 0 aromatic carbocycles. The van der Waals surface area contributed by atoms with E-state index in [1.54, 1.807) is 13.8 Å². The first-order chi connectivity index (χ1) is 12.5. The Bertz CT molecular complexity index is 821. The predicted octanol–water partition coefficient (Wildman–Crippen LogP) is 2.71. The lowest BCUT2D eigenvalue weighted by Gasteiger charge is -2.33. The van der Waals surface area contributed by atoms with E-state index in [0.29, 0.717) is 5.69 Å². The number of nitrogens with zero attached hydrogens (tertiary/aromatic N) is 2. The maximum atomic E-state index is 12.4. The molecule has 1 unspecified atom stereocenters. The molecular formula is C14H17F3N2O6S2. The minimum Gasteiger partial charge on any atom is -0.475 e. The van der Waals surface area contributed by atoms with Crippen LogP contribution in [-0.4, -0.2) is 41.9 Å². The van der Waals surface area contributed by atoms with Crippen LogP contribution < -0.4 is 4.74 Å². The molecule has 2 rings (SSSR count). The molecule has 1 aromatic rings. The van der Waals surface area contributed by atoms with E-state index in [4.69, 9.17) is 9.47 Å². The Hall–Kier alpha value is -1.89. The number of allylic oxidation sites excluding steroid dienone is 2. The van der Waals surface area contributed by atoms with Crippen LogP contribution >= 0.6 is 11.7 Å². The number of alkyl halides is 3. The van der Waals surface area contributed by atoms with Gasteiger partial charge in [0.2, 0.25) is 5.88 Å². The third-order valence-electron chi connectivity index (χ3n) is 3.88. The molecule has 152 valence electrons. The van der Waals surface area contributed by atoms with Gasteiger partial charge in [-0.1, -0.05) is 0 Å². The fourth-order valence-corrected chi connectivity index (χ4v) is 3.39. The quantitative estimate of drug-likeness (QED) is 0.369. The standard InChI is InChI=1S/C14H17F3N2O6S2/c1-3-23-12(20)13(8-24-11-9(2)18-26-19-11)6-4-10(5-7-13)25-27(21,22)14(15,16)17/h4H,3,5-8H2,1-2H3. The van der Waals surface area contributed by atoms with Crippen LogP contribution in [-0.2, 0) is 23.8 Å². The predicted molar refractivity (Wildman–Crippen MR) is 87.2 cm³/mol. The van der Waals surface area contributed by atoms with E-state index in [1.807, 2.05) is 0 Å². The maximum absolute atomic E-state index is 12.4. The number of ether oxygens (including phenoxy) is 2. The zero-order chi connectivity index (χ0) is 20.3. The molecule has 8 nitrogen and oxygen atoms in total. The highest BCUT2D eigenvalue weighted by Crippen LogP contribution is 2.39. The molecule has 0 saturated heterocycles. The van der Waals surface area contributed by atoms with E-state index >= 15 is 0 Å². The Labute approximate surface area is 157 Å². The van der Waals surface area contributed by atoms with E-state index in [2.05, 4.69) is 12.9 Å². The molecule has 0 spiro atoms. The topological polar surface area (TPSA) is 105 Å². The summed E-state index contributed by atoms with van der Waals surface area (Å²) in [6, 6.07) is 0. The van der Waals surface area contributed by atoms with E-state index in [-0.39, 0.29) is 44.1 Å². The van der Waals surface area contributed by atoms with E-state index in [9.17, 15) is 26.4 Å². The maximum Gasteiger partial charge on any atom is 0.534 e. The highest BCUT2D eigenvalue weighted by atomic mass is 32.2. The smallest absolute Gasteiger partial charge is 0.475 e. The van der Waals surface area contributed by atoms with Crippen molar-refractivity contribution < 1.29 is 40.0 Å². The lowest BCUT2D eigenvalue weighted by molar-refractivity contribution is -0.158. The number of carbonyl (C=O) groups is 1. The zero-order valence-corrected chi connectivity index (χ0v) is 16.0. The molecule has 0 amide bonds. The molecule has 1 heterocycles. The third kappa shape index (κ3) is 4.89. The van der Waals surface area contributed by atoms with Gasteiger partial charge in [-0.15, -0.1) is 4.37 Å². The molecule has 27 heavy (non-hydrogen) atoms. The number of esters is 1. The van der Waals surface area contributed by atoms with Crippen LogP contribution in [0.2, 0.25) is 0 Å². The summed E-state index contributed by atoms with van der Waals surface area (Å²) in [5, 5.41) is 0. The molecular weight excluding hydrogens is 413 g/mol. The van der Waals surface area contributed by atoms with Crippen molar-refractivity contribution >= 4 is 27.8 Å². The van der Waals surface area contributed by atoms with Gasteiger partial charge in [0.25, 0.3) is 0 Å². The molecule has 0 aliphatic heterocycles. The monoisotopic (exact) mass is 430 g/mol. The summed E-state index contributed by atoms with van der Waals surface area (Å²) in [4.78, 5) is 12.4. The number of halogens is 3. The molecule has 1 atom stereocenters. The fourth-order valence-electron chi connectivity index (χ4n) is 2.36. The van der Waals surface area contributed by atoms with Gasteiger partial charge in [0.15, 0.2) is 0 Å². The number of aromatic nitrogens is 2. The van der Waals surface area contributed by atoms with Gasteiger partial charge in [-0.05, 0) is 32.8 Å². The first-order valence-corrected chi connectivity index (χ1v) is 9.93. The van der Waals surface area contributed by atoms with Crippen LogP contribution in [0.1, 0.15) is 31.9 Å². The first-order valence-electron chi connectivity index (χ1n) is 7.80. The van der Waals surface area contributed by atoms with Crippen molar-refractivity contribution in [1.82, 2.24) is 8.75 Å². The second-order valence-electron chi connectivity index (χ2n) is 5.80. The van der Waals surface area contributed by atoms with Crippen molar-refractivity contribution in [1.29, 1.82) is 0 Å². The highest BCUT2D eigenvalue weighted by Gasteiger charge is 2.50. The number of carbonyl (C=O) groups excluding carboxylic acids is 1. The Morgan fingerprint density at radius 1 is 1.37 bits per heavy atom. The fraction of sp³-hybridized carbons (Fsp3) is 0.643. The van der Waals surface area contributed by atoms with Gasteiger partial charge in [0, 0.05) is 6.42 Å². The normalized spacial score (nSPS) is 20.7. The average Bonchev–Trinajstić information content (AvgIpc) is 2.98. The highest BCUT2D eigenvalue weighted by molar-refractivity contribution is 7.87. The molecule has 0 saturated carbocycles. The summed E-state index contributed by atoms with van der Waals surface area (Å²) < 4.78 is 82.2. The van der Waals surface area contributed by atoms with Crippen molar-refractivity contribution in [3.8, 4) is 5.88 Å². The first kappa shape index (κ1) is 21.4. The summed E-state index contributed by atoms with van der Waals surface area (Å²) in [6.07, 6.45) is 0.817. The molecule has 1 aliphatic rings. The Morgan fingerprint density at radius 2 is 2.07 bits per heavy atom. The third-order valence-corrected chi connectivity index (χ3v) is 5.48. The minimum atomic E-state index is -5.75. The molecule has 1 aliphatic carbocycles. The molecule has 1 aromatic heterocycles. The van der Waals surface area contributed by atoms with Crippen LogP contribution in [0.4, 0.5) is 13.2 Å². The van der Waals surface area contributed by atoms with Gasteiger partial charge in [0.05, 0.1) is 18.3 Å². The summed E-state index contributed by atoms with van der Waals surface area (Å²) in [6.45, 7) is 3.25. The number of hydrogen-bond acceptors (Lipinski definition) is 9. The van der Waals surface area contributed by atoms with Crippen LogP contribution in [0.15, 0.2) is 11.8 Å². The van der Waals surface area contributed by atoms with E-state index < -0.39 is 27.0 Å². The van der Waals surface area contributed by atoms with E-state index in [1.165, 1.54) is 0 Å². The summed E-state index contributed by atoms with van der Waals surface area (Å²) in [5.41, 5.74) is -6.19. The Kier molecular flexibility index (Phi) is 6.35. The van der Waals surface area contributed by atoms with Crippen LogP contribution in [0.5, 0.6) is 5.88 Å².